The van der Waals surface area contributed by atoms with Crippen molar-refractivity contribution in [3.63, 3.8) is 0 Å². The van der Waals surface area contributed by atoms with Gasteiger partial charge in [-0.2, -0.15) is 4.57 Å². The van der Waals surface area contributed by atoms with Crippen LogP contribution in [0.4, 0.5) is 0 Å². The normalized spacial score (nSPS) is 11.2. The van der Waals surface area contributed by atoms with Gasteiger partial charge >= 0.3 is 5.91 Å². The SMILES string of the molecule is CC(C)C(=O)n1cc[n+](C(C)C)c1. The summed E-state index contributed by atoms with van der Waals surface area (Å²) in [4.78, 5) is 11.5. The van der Waals surface area contributed by atoms with Gasteiger partial charge in [-0.1, -0.05) is 13.8 Å². The van der Waals surface area contributed by atoms with E-state index in [0.717, 1.165) is 0 Å². The summed E-state index contributed by atoms with van der Waals surface area (Å²) in [5, 5.41) is 0. The van der Waals surface area contributed by atoms with Gasteiger partial charge in [0.15, 0.2) is 0 Å². The molecule has 1 rings (SSSR count). The van der Waals surface area contributed by atoms with Crippen LogP contribution < -0.4 is 4.57 Å². The largest absolute Gasteiger partial charge is 0.316 e. The summed E-state index contributed by atoms with van der Waals surface area (Å²) in [5.41, 5.74) is 0. The molecule has 0 aliphatic carbocycles. The average molecular weight is 181 g/mol. The van der Waals surface area contributed by atoms with Crippen LogP contribution >= 0.6 is 0 Å². The summed E-state index contributed by atoms with van der Waals surface area (Å²) >= 11 is 0. The van der Waals surface area contributed by atoms with Crippen LogP contribution in [0.2, 0.25) is 0 Å². The summed E-state index contributed by atoms with van der Waals surface area (Å²) in [6, 6.07) is 0.404. The Balaban J connectivity index is 2.86. The molecule has 0 spiro atoms. The molecule has 3 nitrogen and oxygen atoms in total. The lowest BCUT2D eigenvalue weighted by Crippen LogP contribution is -2.34. The zero-order chi connectivity index (χ0) is 10.0. The van der Waals surface area contributed by atoms with Gasteiger partial charge in [-0.05, 0) is 13.8 Å². The van der Waals surface area contributed by atoms with Crippen LogP contribution in [-0.4, -0.2) is 10.5 Å². The van der Waals surface area contributed by atoms with Crippen LogP contribution in [0.3, 0.4) is 0 Å². The Bertz CT molecular complexity index is 300. The van der Waals surface area contributed by atoms with Gasteiger partial charge in [0.25, 0.3) is 6.33 Å². The molecule has 72 valence electrons. The Morgan fingerprint density at radius 2 is 1.92 bits per heavy atom. The predicted octanol–water partition coefficient (Wildman–Crippen LogP) is 1.65. The molecule has 0 aromatic carbocycles. The number of hydrogen-bond acceptors (Lipinski definition) is 1. The minimum absolute atomic E-state index is 0.0491. The molecular weight excluding hydrogens is 164 g/mol. The third kappa shape index (κ3) is 2.17. The zero-order valence-electron chi connectivity index (χ0n) is 8.69. The first-order chi connectivity index (χ1) is 6.02. The number of carbonyl (C=O) groups excluding carboxylic acids is 1. The van der Waals surface area contributed by atoms with Gasteiger partial charge in [-0.3, -0.25) is 0 Å². The Morgan fingerprint density at radius 3 is 2.31 bits per heavy atom. The van der Waals surface area contributed by atoms with Crippen molar-refractivity contribution in [2.24, 2.45) is 5.92 Å². The lowest BCUT2D eigenvalue weighted by atomic mass is 10.2. The second-order valence-electron chi connectivity index (χ2n) is 3.85. The quantitative estimate of drug-likeness (QED) is 0.637. The van der Waals surface area contributed by atoms with Gasteiger partial charge in [0.1, 0.15) is 12.4 Å². The molecule has 0 unspecified atom stereocenters. The van der Waals surface area contributed by atoms with Gasteiger partial charge in [0.2, 0.25) is 0 Å². The van der Waals surface area contributed by atoms with Crippen molar-refractivity contribution in [1.29, 1.82) is 0 Å². The summed E-state index contributed by atoms with van der Waals surface area (Å²) in [6.07, 6.45) is 5.57. The standard InChI is InChI=1S/C10H17N2O/c1-8(2)10(13)12-6-5-11(7-12)9(3)4/h5-9H,1-4H3/q+1. The van der Waals surface area contributed by atoms with Crippen LogP contribution in [0.1, 0.15) is 38.5 Å². The highest BCUT2D eigenvalue weighted by Crippen LogP contribution is 1.99. The molecule has 0 atom stereocenters. The van der Waals surface area contributed by atoms with E-state index in [1.165, 1.54) is 0 Å². The smallest absolute Gasteiger partial charge is 0.246 e. The first-order valence-electron chi connectivity index (χ1n) is 4.65. The molecule has 0 fully saturated rings. The molecule has 0 amide bonds. The van der Waals surface area contributed by atoms with E-state index in [-0.39, 0.29) is 11.8 Å². The molecule has 0 aliphatic heterocycles. The highest BCUT2D eigenvalue weighted by atomic mass is 16.2. The van der Waals surface area contributed by atoms with E-state index < -0.39 is 0 Å². The van der Waals surface area contributed by atoms with E-state index in [1.807, 2.05) is 37.1 Å². The fraction of sp³-hybridized carbons (Fsp3) is 0.600. The van der Waals surface area contributed by atoms with Crippen molar-refractivity contribution in [2.45, 2.75) is 33.7 Å². The Labute approximate surface area is 79.0 Å². The van der Waals surface area contributed by atoms with Gasteiger partial charge in [-0.25, -0.2) is 9.36 Å². The molecule has 0 saturated heterocycles. The van der Waals surface area contributed by atoms with E-state index in [1.54, 1.807) is 4.57 Å². The second-order valence-corrected chi connectivity index (χ2v) is 3.85. The summed E-state index contributed by atoms with van der Waals surface area (Å²) in [6.45, 7) is 7.98. The van der Waals surface area contributed by atoms with Crippen molar-refractivity contribution >= 4 is 5.91 Å². The Morgan fingerprint density at radius 1 is 1.31 bits per heavy atom. The second kappa shape index (κ2) is 3.73. The highest BCUT2D eigenvalue weighted by Gasteiger charge is 2.17. The molecule has 1 aromatic rings. The van der Waals surface area contributed by atoms with Crippen molar-refractivity contribution < 1.29 is 9.36 Å². The number of nitrogens with zero attached hydrogens (tertiary/aromatic N) is 2. The maximum Gasteiger partial charge on any atom is 0.316 e. The number of carbonyl (C=O) groups is 1. The molecule has 3 heteroatoms. The number of hydrogen-bond donors (Lipinski definition) is 0. The summed E-state index contributed by atoms with van der Waals surface area (Å²) in [5.74, 6) is 0.187. The summed E-state index contributed by atoms with van der Waals surface area (Å²) in [7, 11) is 0. The van der Waals surface area contributed by atoms with E-state index in [2.05, 4.69) is 13.8 Å². The lowest BCUT2D eigenvalue weighted by Gasteiger charge is -1.99. The highest BCUT2D eigenvalue weighted by molar-refractivity contribution is 5.80. The van der Waals surface area contributed by atoms with E-state index in [9.17, 15) is 4.79 Å². The third-order valence-electron chi connectivity index (χ3n) is 2.00. The van der Waals surface area contributed by atoms with E-state index in [4.69, 9.17) is 0 Å². The van der Waals surface area contributed by atoms with Crippen LogP contribution in [0.5, 0.6) is 0 Å². The molecule has 0 N–H and O–H groups in total. The number of imidazole rings is 1. The summed E-state index contributed by atoms with van der Waals surface area (Å²) < 4.78 is 3.66. The van der Waals surface area contributed by atoms with E-state index in [0.29, 0.717) is 6.04 Å². The Kier molecular flexibility index (Phi) is 2.86. The maximum absolute atomic E-state index is 11.5. The van der Waals surface area contributed by atoms with Gasteiger partial charge in [0, 0.05) is 0 Å². The molecule has 1 heterocycles. The topological polar surface area (TPSA) is 25.9 Å². The van der Waals surface area contributed by atoms with Crippen molar-refractivity contribution in [1.82, 2.24) is 4.57 Å². The predicted molar refractivity (Wildman–Crippen MR) is 50.5 cm³/mol. The van der Waals surface area contributed by atoms with Crippen LogP contribution in [0, 0.1) is 5.92 Å². The Hall–Kier alpha value is -1.12. The van der Waals surface area contributed by atoms with Crippen LogP contribution in [0.25, 0.3) is 0 Å². The lowest BCUT2D eigenvalue weighted by molar-refractivity contribution is -0.715. The zero-order valence-corrected chi connectivity index (χ0v) is 8.69. The van der Waals surface area contributed by atoms with Crippen molar-refractivity contribution in [3.8, 4) is 0 Å². The molecule has 0 bridgehead atoms. The van der Waals surface area contributed by atoms with Crippen LogP contribution in [-0.2, 0) is 0 Å². The van der Waals surface area contributed by atoms with Crippen molar-refractivity contribution in [3.05, 3.63) is 18.7 Å². The fourth-order valence-electron chi connectivity index (χ4n) is 1.10. The average Bonchev–Trinajstić information content (AvgIpc) is 2.50. The van der Waals surface area contributed by atoms with Crippen LogP contribution in [0.15, 0.2) is 18.7 Å². The van der Waals surface area contributed by atoms with E-state index >= 15 is 0 Å². The molecule has 13 heavy (non-hydrogen) atoms. The maximum atomic E-state index is 11.5. The molecule has 1 aromatic heterocycles. The number of aromatic nitrogens is 2. The third-order valence-corrected chi connectivity index (χ3v) is 2.00. The fourth-order valence-corrected chi connectivity index (χ4v) is 1.10. The molecule has 0 saturated carbocycles. The van der Waals surface area contributed by atoms with Gasteiger partial charge in [-0.15, -0.1) is 0 Å². The minimum atomic E-state index is 0.0491. The molecule has 0 aliphatic rings. The molecular formula is C10H17N2O+. The van der Waals surface area contributed by atoms with Gasteiger partial charge in [0.05, 0.1) is 12.0 Å². The first-order valence-corrected chi connectivity index (χ1v) is 4.65. The monoisotopic (exact) mass is 181 g/mol. The first kappa shape index (κ1) is 9.96. The minimum Gasteiger partial charge on any atom is -0.246 e. The number of rotatable bonds is 2. The van der Waals surface area contributed by atoms with Crippen molar-refractivity contribution in [2.75, 3.05) is 0 Å². The molecule has 0 radical (unpaired) electrons. The van der Waals surface area contributed by atoms with Gasteiger partial charge < -0.3 is 0 Å².